The van der Waals surface area contributed by atoms with Crippen LogP contribution in [0, 0.1) is 0 Å². The van der Waals surface area contributed by atoms with E-state index in [0.717, 1.165) is 16.5 Å². The molecule has 0 amide bonds. The highest BCUT2D eigenvalue weighted by Gasteiger charge is 2.21. The molecule has 2 aromatic rings. The number of fused-ring (bicyclic) bond motifs is 1. The number of hydrogen-bond acceptors (Lipinski definition) is 3. The molecule has 0 saturated carbocycles. The van der Waals surface area contributed by atoms with Crippen LogP contribution in [0.4, 0.5) is 0 Å². The second-order valence-corrected chi connectivity index (χ2v) is 3.60. The maximum Gasteiger partial charge on any atom is 0.314 e. The summed E-state index contributed by atoms with van der Waals surface area (Å²) in [4.78, 5) is 14.7. The van der Waals surface area contributed by atoms with E-state index >= 15 is 0 Å². The van der Waals surface area contributed by atoms with E-state index in [9.17, 15) is 4.79 Å². The number of ether oxygens (including phenoxy) is 1. The van der Waals surface area contributed by atoms with Crippen molar-refractivity contribution in [3.63, 3.8) is 0 Å². The highest BCUT2D eigenvalue weighted by Crippen LogP contribution is 2.24. The zero-order valence-electron chi connectivity index (χ0n) is 9.07. The van der Waals surface area contributed by atoms with E-state index in [4.69, 9.17) is 10.5 Å². The van der Waals surface area contributed by atoms with Crippen molar-refractivity contribution in [1.29, 1.82) is 0 Å². The first-order chi connectivity index (χ1) is 7.77. The van der Waals surface area contributed by atoms with Crippen molar-refractivity contribution in [3.8, 4) is 0 Å². The van der Waals surface area contributed by atoms with Crippen LogP contribution >= 0.6 is 0 Å². The molecular formula is C12H14N2O2. The van der Waals surface area contributed by atoms with Gasteiger partial charge in [-0.15, -0.1) is 0 Å². The molecule has 0 aliphatic heterocycles. The number of aromatic amines is 1. The van der Waals surface area contributed by atoms with Gasteiger partial charge < -0.3 is 15.5 Å². The summed E-state index contributed by atoms with van der Waals surface area (Å²) < 4.78 is 4.75. The van der Waals surface area contributed by atoms with Crippen LogP contribution < -0.4 is 5.73 Å². The molecule has 1 atom stereocenters. The molecule has 0 spiro atoms. The largest absolute Gasteiger partial charge is 0.469 e. The quantitative estimate of drug-likeness (QED) is 0.765. The number of para-hydroxylation sites is 1. The van der Waals surface area contributed by atoms with Gasteiger partial charge in [0, 0.05) is 18.3 Å². The number of aromatic nitrogens is 1. The molecular weight excluding hydrogens is 204 g/mol. The van der Waals surface area contributed by atoms with E-state index < -0.39 is 5.92 Å². The number of H-pyrrole nitrogens is 1. The van der Waals surface area contributed by atoms with Crippen molar-refractivity contribution in [2.24, 2.45) is 5.73 Å². The third-order valence-electron chi connectivity index (χ3n) is 2.72. The van der Waals surface area contributed by atoms with Gasteiger partial charge in [-0.05, 0) is 17.0 Å². The van der Waals surface area contributed by atoms with E-state index in [2.05, 4.69) is 4.98 Å². The Labute approximate surface area is 93.4 Å². The summed E-state index contributed by atoms with van der Waals surface area (Å²) in [6.07, 6.45) is 1.85. The number of methoxy groups -OCH3 is 1. The number of carbonyl (C=O) groups excluding carboxylic acids is 1. The maximum absolute atomic E-state index is 11.6. The van der Waals surface area contributed by atoms with Crippen LogP contribution in [0.15, 0.2) is 30.5 Å². The summed E-state index contributed by atoms with van der Waals surface area (Å²) in [5.41, 5.74) is 7.46. The summed E-state index contributed by atoms with van der Waals surface area (Å²) in [5.74, 6) is -0.711. The standard InChI is InChI=1S/C12H14N2O2/c1-16-12(15)10(7-13)9-4-2-3-8-5-6-14-11(8)9/h2-6,10,14H,7,13H2,1H3. The molecule has 4 nitrogen and oxygen atoms in total. The molecule has 0 aliphatic carbocycles. The Morgan fingerprint density at radius 3 is 3.00 bits per heavy atom. The lowest BCUT2D eigenvalue weighted by Crippen LogP contribution is -2.23. The number of nitrogens with two attached hydrogens (primary N) is 1. The summed E-state index contributed by atoms with van der Waals surface area (Å²) in [5, 5.41) is 1.07. The van der Waals surface area contributed by atoms with Crippen molar-refractivity contribution in [2.45, 2.75) is 5.92 Å². The Balaban J connectivity index is 2.52. The average molecular weight is 218 g/mol. The fourth-order valence-electron chi connectivity index (χ4n) is 1.89. The van der Waals surface area contributed by atoms with Crippen molar-refractivity contribution >= 4 is 16.9 Å². The highest BCUT2D eigenvalue weighted by molar-refractivity contribution is 5.89. The summed E-state index contributed by atoms with van der Waals surface area (Å²) >= 11 is 0. The predicted molar refractivity (Wildman–Crippen MR) is 62.1 cm³/mol. The van der Waals surface area contributed by atoms with Crippen LogP contribution in [0.3, 0.4) is 0 Å². The van der Waals surface area contributed by atoms with Gasteiger partial charge in [-0.2, -0.15) is 0 Å². The van der Waals surface area contributed by atoms with Gasteiger partial charge in [-0.25, -0.2) is 0 Å². The molecule has 0 aliphatic rings. The normalized spacial score (nSPS) is 12.6. The number of nitrogens with one attached hydrogen (secondary N) is 1. The molecule has 4 heteroatoms. The fourth-order valence-corrected chi connectivity index (χ4v) is 1.89. The van der Waals surface area contributed by atoms with Crippen LogP contribution in [0.1, 0.15) is 11.5 Å². The van der Waals surface area contributed by atoms with Crippen LogP contribution in [-0.4, -0.2) is 24.6 Å². The van der Waals surface area contributed by atoms with Gasteiger partial charge in [0.05, 0.1) is 13.0 Å². The number of carbonyl (C=O) groups is 1. The Hall–Kier alpha value is -1.81. The lowest BCUT2D eigenvalue weighted by atomic mass is 9.97. The third-order valence-corrected chi connectivity index (χ3v) is 2.72. The van der Waals surface area contributed by atoms with Crippen molar-refractivity contribution in [3.05, 3.63) is 36.0 Å². The van der Waals surface area contributed by atoms with Gasteiger partial charge in [-0.1, -0.05) is 18.2 Å². The van der Waals surface area contributed by atoms with Crippen LogP contribution in [0.5, 0.6) is 0 Å². The Morgan fingerprint density at radius 1 is 1.50 bits per heavy atom. The minimum absolute atomic E-state index is 0.241. The molecule has 0 radical (unpaired) electrons. The van der Waals surface area contributed by atoms with Crippen molar-refractivity contribution < 1.29 is 9.53 Å². The second-order valence-electron chi connectivity index (χ2n) is 3.60. The molecule has 1 heterocycles. The van der Waals surface area contributed by atoms with Gasteiger partial charge in [-0.3, -0.25) is 4.79 Å². The SMILES string of the molecule is COC(=O)C(CN)c1cccc2cc[nH]c12. The molecule has 16 heavy (non-hydrogen) atoms. The molecule has 1 aromatic carbocycles. The fraction of sp³-hybridized carbons (Fsp3) is 0.250. The molecule has 0 bridgehead atoms. The predicted octanol–water partition coefficient (Wildman–Crippen LogP) is 1.38. The van der Waals surface area contributed by atoms with E-state index in [-0.39, 0.29) is 12.5 Å². The minimum Gasteiger partial charge on any atom is -0.469 e. The van der Waals surface area contributed by atoms with Crippen LogP contribution in [0.2, 0.25) is 0 Å². The molecule has 2 rings (SSSR count). The third kappa shape index (κ3) is 1.67. The molecule has 1 unspecified atom stereocenters. The zero-order valence-corrected chi connectivity index (χ0v) is 9.07. The lowest BCUT2D eigenvalue weighted by Gasteiger charge is -2.13. The molecule has 1 aromatic heterocycles. The first-order valence-electron chi connectivity index (χ1n) is 5.12. The Morgan fingerprint density at radius 2 is 2.31 bits per heavy atom. The number of benzene rings is 1. The molecule has 0 fully saturated rings. The van der Waals surface area contributed by atoms with Gasteiger partial charge in [0.2, 0.25) is 0 Å². The Kier molecular flexibility index (Phi) is 2.92. The number of hydrogen-bond donors (Lipinski definition) is 2. The van der Waals surface area contributed by atoms with Gasteiger partial charge in [0.15, 0.2) is 0 Å². The van der Waals surface area contributed by atoms with Crippen molar-refractivity contribution in [2.75, 3.05) is 13.7 Å². The summed E-state index contributed by atoms with van der Waals surface area (Å²) in [6, 6.07) is 7.76. The van der Waals surface area contributed by atoms with Gasteiger partial charge >= 0.3 is 5.97 Å². The van der Waals surface area contributed by atoms with Crippen LogP contribution in [0.25, 0.3) is 10.9 Å². The van der Waals surface area contributed by atoms with Gasteiger partial charge in [0.1, 0.15) is 0 Å². The zero-order chi connectivity index (χ0) is 11.5. The molecule has 3 N–H and O–H groups in total. The Bertz CT molecular complexity index is 504. The number of esters is 1. The van der Waals surface area contributed by atoms with Crippen LogP contribution in [-0.2, 0) is 9.53 Å². The van der Waals surface area contributed by atoms with E-state index in [0.29, 0.717) is 0 Å². The van der Waals surface area contributed by atoms with E-state index in [1.54, 1.807) is 0 Å². The smallest absolute Gasteiger partial charge is 0.314 e. The first kappa shape index (κ1) is 10.7. The molecule has 84 valence electrons. The van der Waals surface area contributed by atoms with Crippen molar-refractivity contribution in [1.82, 2.24) is 4.98 Å². The maximum atomic E-state index is 11.6. The topological polar surface area (TPSA) is 68.1 Å². The summed E-state index contributed by atoms with van der Waals surface area (Å²) in [6.45, 7) is 0.241. The first-order valence-corrected chi connectivity index (χ1v) is 5.12. The monoisotopic (exact) mass is 218 g/mol. The highest BCUT2D eigenvalue weighted by atomic mass is 16.5. The second kappa shape index (κ2) is 4.37. The van der Waals surface area contributed by atoms with E-state index in [1.165, 1.54) is 7.11 Å². The summed E-state index contributed by atoms with van der Waals surface area (Å²) in [7, 11) is 1.37. The van der Waals surface area contributed by atoms with E-state index in [1.807, 2.05) is 30.5 Å². The molecule has 0 saturated heterocycles. The van der Waals surface area contributed by atoms with Gasteiger partial charge in [0.25, 0.3) is 0 Å². The lowest BCUT2D eigenvalue weighted by molar-refractivity contribution is -0.142. The number of rotatable bonds is 3. The minimum atomic E-state index is -0.410. The average Bonchev–Trinajstić information content (AvgIpc) is 2.78.